The molecule has 1 atom stereocenters. The number of anilines is 1. The van der Waals surface area contributed by atoms with E-state index in [0.29, 0.717) is 42.4 Å². The molecule has 7 heteroatoms. The molecule has 2 aromatic carbocycles. The molecule has 4 rings (SSSR count). The summed E-state index contributed by atoms with van der Waals surface area (Å²) in [5.41, 5.74) is 3.17. The Labute approximate surface area is 187 Å². The van der Waals surface area contributed by atoms with Crippen molar-refractivity contribution in [2.45, 2.75) is 38.7 Å². The van der Waals surface area contributed by atoms with Crippen LogP contribution in [0.3, 0.4) is 0 Å². The molecule has 0 spiro atoms. The molecule has 1 unspecified atom stereocenters. The van der Waals surface area contributed by atoms with E-state index >= 15 is 0 Å². The van der Waals surface area contributed by atoms with Gasteiger partial charge in [-0.25, -0.2) is 4.98 Å². The van der Waals surface area contributed by atoms with Crippen LogP contribution in [0, 0.1) is 6.92 Å². The molecule has 1 aromatic heterocycles. The summed E-state index contributed by atoms with van der Waals surface area (Å²) < 4.78 is 5.77. The van der Waals surface area contributed by atoms with Crippen LogP contribution in [0.2, 0.25) is 0 Å². The molecule has 0 aliphatic carbocycles. The number of nitrogens with one attached hydrogen (secondary N) is 1. The number of hydrogen-bond acceptors (Lipinski definition) is 5. The highest BCUT2D eigenvalue weighted by Gasteiger charge is 2.23. The minimum Gasteiger partial charge on any atom is -0.441 e. The van der Waals surface area contributed by atoms with Crippen molar-refractivity contribution >= 4 is 17.5 Å². The third kappa shape index (κ3) is 5.42. The first-order valence-electron chi connectivity index (χ1n) is 10.9. The number of carbonyl (C=O) groups is 2. The minimum atomic E-state index is -0.475. The Balaban J connectivity index is 1.32. The van der Waals surface area contributed by atoms with E-state index < -0.39 is 6.10 Å². The van der Waals surface area contributed by atoms with Gasteiger partial charge in [0.1, 0.15) is 0 Å². The SMILES string of the molecule is Cc1ccc(-c2cnc(CCC(=O)Nc3cccc(C(=O)N4CCCC(O)C4)c3)o2)cc1. The van der Waals surface area contributed by atoms with Gasteiger partial charge in [-0.15, -0.1) is 0 Å². The second-order valence-corrected chi connectivity index (χ2v) is 8.16. The number of hydrogen-bond donors (Lipinski definition) is 2. The van der Waals surface area contributed by atoms with Crippen LogP contribution < -0.4 is 5.32 Å². The van der Waals surface area contributed by atoms with E-state index in [-0.39, 0.29) is 18.2 Å². The molecule has 2 heterocycles. The lowest BCUT2D eigenvalue weighted by Gasteiger charge is -2.30. The fourth-order valence-corrected chi connectivity index (χ4v) is 3.77. The van der Waals surface area contributed by atoms with Crippen molar-refractivity contribution < 1.29 is 19.1 Å². The fraction of sp³-hybridized carbons (Fsp3) is 0.320. The highest BCUT2D eigenvalue weighted by atomic mass is 16.4. The average Bonchev–Trinajstić information content (AvgIpc) is 3.27. The Morgan fingerprint density at radius 1 is 1.22 bits per heavy atom. The van der Waals surface area contributed by atoms with Crippen LogP contribution in [0.1, 0.15) is 41.1 Å². The van der Waals surface area contributed by atoms with E-state index in [0.717, 1.165) is 18.4 Å². The first-order chi connectivity index (χ1) is 15.5. The summed E-state index contributed by atoms with van der Waals surface area (Å²) in [6.07, 6.45) is 3.29. The number of aryl methyl sites for hydroxylation is 2. The first-order valence-corrected chi connectivity index (χ1v) is 10.9. The lowest BCUT2D eigenvalue weighted by molar-refractivity contribution is -0.116. The monoisotopic (exact) mass is 433 g/mol. The summed E-state index contributed by atoms with van der Waals surface area (Å²) in [5, 5.41) is 12.7. The normalized spacial score (nSPS) is 16.1. The van der Waals surface area contributed by atoms with Crippen LogP contribution in [0.4, 0.5) is 5.69 Å². The standard InChI is InChI=1S/C25H27N3O4/c1-17-7-9-18(10-8-17)22-15-26-24(32-22)12-11-23(30)27-20-5-2-4-19(14-20)25(31)28-13-3-6-21(29)16-28/h2,4-5,7-10,14-15,21,29H,3,6,11-13,16H2,1H3,(H,27,30). The maximum atomic E-state index is 12.7. The van der Waals surface area contributed by atoms with Crippen molar-refractivity contribution in [2.24, 2.45) is 0 Å². The molecule has 0 bridgehead atoms. The van der Waals surface area contributed by atoms with Crippen molar-refractivity contribution in [3.05, 3.63) is 71.7 Å². The maximum Gasteiger partial charge on any atom is 0.254 e. The van der Waals surface area contributed by atoms with Crippen molar-refractivity contribution in [3.63, 3.8) is 0 Å². The average molecular weight is 434 g/mol. The number of carbonyl (C=O) groups excluding carboxylic acids is 2. The zero-order valence-corrected chi connectivity index (χ0v) is 18.1. The van der Waals surface area contributed by atoms with Gasteiger partial charge in [0, 0.05) is 42.7 Å². The molecular weight excluding hydrogens is 406 g/mol. The molecule has 32 heavy (non-hydrogen) atoms. The van der Waals surface area contributed by atoms with Crippen molar-refractivity contribution in [3.8, 4) is 11.3 Å². The number of benzene rings is 2. The van der Waals surface area contributed by atoms with Gasteiger partial charge in [0.2, 0.25) is 5.91 Å². The molecular formula is C25H27N3O4. The number of oxazole rings is 1. The molecule has 0 radical (unpaired) electrons. The molecule has 1 saturated heterocycles. The summed E-state index contributed by atoms with van der Waals surface area (Å²) in [6.45, 7) is 3.00. The number of piperidine rings is 1. The lowest BCUT2D eigenvalue weighted by atomic mass is 10.1. The summed E-state index contributed by atoms with van der Waals surface area (Å²) in [4.78, 5) is 31.1. The van der Waals surface area contributed by atoms with Crippen LogP contribution >= 0.6 is 0 Å². The highest BCUT2D eigenvalue weighted by Crippen LogP contribution is 2.22. The topological polar surface area (TPSA) is 95.7 Å². The van der Waals surface area contributed by atoms with E-state index in [9.17, 15) is 14.7 Å². The number of aromatic nitrogens is 1. The van der Waals surface area contributed by atoms with Crippen LogP contribution in [0.5, 0.6) is 0 Å². The van der Waals surface area contributed by atoms with Gasteiger partial charge < -0.3 is 19.7 Å². The van der Waals surface area contributed by atoms with Crippen LogP contribution in [0.15, 0.2) is 59.1 Å². The zero-order valence-electron chi connectivity index (χ0n) is 18.1. The molecule has 0 saturated carbocycles. The molecule has 7 nitrogen and oxygen atoms in total. The molecule has 1 fully saturated rings. The lowest BCUT2D eigenvalue weighted by Crippen LogP contribution is -2.42. The number of amides is 2. The molecule has 166 valence electrons. The molecule has 1 aliphatic rings. The van der Waals surface area contributed by atoms with Gasteiger partial charge in [-0.2, -0.15) is 0 Å². The Morgan fingerprint density at radius 2 is 2.03 bits per heavy atom. The van der Waals surface area contributed by atoms with Gasteiger partial charge in [0.15, 0.2) is 11.7 Å². The summed E-state index contributed by atoms with van der Waals surface area (Å²) in [6, 6.07) is 14.9. The largest absolute Gasteiger partial charge is 0.441 e. The maximum absolute atomic E-state index is 12.7. The Hall–Kier alpha value is -3.45. The Morgan fingerprint density at radius 3 is 2.81 bits per heavy atom. The highest BCUT2D eigenvalue weighted by molar-refractivity contribution is 5.97. The number of aliphatic hydroxyl groups excluding tert-OH is 1. The Kier molecular flexibility index (Phi) is 6.66. The smallest absolute Gasteiger partial charge is 0.254 e. The van der Waals surface area contributed by atoms with E-state index in [1.165, 1.54) is 5.56 Å². The quantitative estimate of drug-likeness (QED) is 0.616. The minimum absolute atomic E-state index is 0.136. The first kappa shape index (κ1) is 21.8. The third-order valence-corrected chi connectivity index (χ3v) is 5.53. The van der Waals surface area contributed by atoms with E-state index in [1.54, 1.807) is 35.4 Å². The van der Waals surface area contributed by atoms with Gasteiger partial charge in [-0.3, -0.25) is 9.59 Å². The second-order valence-electron chi connectivity index (χ2n) is 8.16. The van der Waals surface area contributed by atoms with Gasteiger partial charge in [-0.1, -0.05) is 35.9 Å². The van der Waals surface area contributed by atoms with Gasteiger partial charge in [0.05, 0.1) is 12.3 Å². The summed E-state index contributed by atoms with van der Waals surface area (Å²) in [7, 11) is 0. The summed E-state index contributed by atoms with van der Waals surface area (Å²) >= 11 is 0. The second kappa shape index (κ2) is 9.78. The third-order valence-electron chi connectivity index (χ3n) is 5.53. The summed E-state index contributed by atoms with van der Waals surface area (Å²) in [5.74, 6) is 0.860. The van der Waals surface area contributed by atoms with E-state index in [4.69, 9.17) is 4.42 Å². The van der Waals surface area contributed by atoms with Crippen LogP contribution in [-0.2, 0) is 11.2 Å². The zero-order chi connectivity index (χ0) is 22.5. The van der Waals surface area contributed by atoms with Crippen LogP contribution in [-0.4, -0.2) is 46.0 Å². The number of likely N-dealkylation sites (tertiary alicyclic amines) is 1. The molecule has 1 aliphatic heterocycles. The van der Waals surface area contributed by atoms with Gasteiger partial charge >= 0.3 is 0 Å². The molecule has 3 aromatic rings. The van der Waals surface area contributed by atoms with Crippen molar-refractivity contribution in [1.82, 2.24) is 9.88 Å². The number of rotatable bonds is 6. The number of aliphatic hydroxyl groups is 1. The molecule has 2 amide bonds. The van der Waals surface area contributed by atoms with Crippen molar-refractivity contribution in [1.29, 1.82) is 0 Å². The predicted octanol–water partition coefficient (Wildman–Crippen LogP) is 3.82. The predicted molar refractivity (Wildman–Crippen MR) is 121 cm³/mol. The number of nitrogens with zero attached hydrogens (tertiary/aromatic N) is 2. The number of β-amino-alcohol motifs (C(OH)–C–C–N with tert-alkyl or cyclic N) is 1. The Bertz CT molecular complexity index is 1090. The van der Waals surface area contributed by atoms with Gasteiger partial charge in [-0.05, 0) is 38.0 Å². The van der Waals surface area contributed by atoms with Gasteiger partial charge in [0.25, 0.3) is 5.91 Å². The fourth-order valence-electron chi connectivity index (χ4n) is 3.77. The van der Waals surface area contributed by atoms with E-state index in [1.807, 2.05) is 31.2 Å². The van der Waals surface area contributed by atoms with Crippen LogP contribution in [0.25, 0.3) is 11.3 Å². The van der Waals surface area contributed by atoms with Crippen molar-refractivity contribution in [2.75, 3.05) is 18.4 Å². The molecule has 2 N–H and O–H groups in total. The van der Waals surface area contributed by atoms with E-state index in [2.05, 4.69) is 10.3 Å².